The zero-order valence-corrected chi connectivity index (χ0v) is 11.8. The summed E-state index contributed by atoms with van der Waals surface area (Å²) in [7, 11) is 0. The van der Waals surface area contributed by atoms with Crippen molar-refractivity contribution in [2.24, 2.45) is 0 Å². The highest BCUT2D eigenvalue weighted by molar-refractivity contribution is 8.00. The van der Waals surface area contributed by atoms with Crippen LogP contribution in [0.3, 0.4) is 0 Å². The molecular formula is C16H22OS. The van der Waals surface area contributed by atoms with Crippen molar-refractivity contribution in [1.82, 2.24) is 0 Å². The molecule has 1 fully saturated rings. The molecule has 0 bridgehead atoms. The van der Waals surface area contributed by atoms with Crippen molar-refractivity contribution in [3.05, 3.63) is 42.5 Å². The molecule has 98 valence electrons. The monoisotopic (exact) mass is 262 g/mol. The summed E-state index contributed by atoms with van der Waals surface area (Å²) in [6.45, 7) is 1.82. The second-order valence-electron chi connectivity index (χ2n) is 5.14. The summed E-state index contributed by atoms with van der Waals surface area (Å²) < 4.78 is 0.191. The fourth-order valence-corrected chi connectivity index (χ4v) is 3.89. The number of thioether (sulfide) groups is 1. The molecule has 1 nitrogen and oxygen atoms in total. The summed E-state index contributed by atoms with van der Waals surface area (Å²) in [6, 6.07) is 10.6. The molecule has 0 radical (unpaired) electrons. The van der Waals surface area contributed by atoms with E-state index in [0.29, 0.717) is 0 Å². The molecule has 1 aromatic carbocycles. The minimum absolute atomic E-state index is 0.191. The maximum Gasteiger partial charge on any atom is 0.0693 e. The maximum atomic E-state index is 9.47. The average Bonchev–Trinajstić information content (AvgIpc) is 2.39. The van der Waals surface area contributed by atoms with E-state index in [0.717, 1.165) is 0 Å². The zero-order chi connectivity index (χ0) is 12.8. The molecule has 1 saturated carbocycles. The van der Waals surface area contributed by atoms with Crippen molar-refractivity contribution < 1.29 is 5.11 Å². The van der Waals surface area contributed by atoms with Gasteiger partial charge < -0.3 is 5.11 Å². The molecule has 0 spiro atoms. The Labute approximate surface area is 114 Å². The van der Waals surface area contributed by atoms with E-state index in [2.05, 4.69) is 36.4 Å². The summed E-state index contributed by atoms with van der Waals surface area (Å²) >= 11 is 1.96. The van der Waals surface area contributed by atoms with Gasteiger partial charge in [-0.15, -0.1) is 11.8 Å². The molecule has 1 atom stereocenters. The third-order valence-electron chi connectivity index (χ3n) is 3.44. The van der Waals surface area contributed by atoms with Crippen LogP contribution in [0, 0.1) is 0 Å². The van der Waals surface area contributed by atoms with E-state index in [1.54, 1.807) is 0 Å². The maximum absolute atomic E-state index is 9.47. The SMILES string of the molecule is C[C@@H](O)/C=C/C1(Sc2ccccc2)CCCCC1. The Hall–Kier alpha value is -0.730. The van der Waals surface area contributed by atoms with Crippen LogP contribution in [0.4, 0.5) is 0 Å². The van der Waals surface area contributed by atoms with Crippen LogP contribution < -0.4 is 0 Å². The number of hydrogen-bond donors (Lipinski definition) is 1. The van der Waals surface area contributed by atoms with Crippen LogP contribution in [0.1, 0.15) is 39.0 Å². The fourth-order valence-electron chi connectivity index (χ4n) is 2.49. The first kappa shape index (κ1) is 13.7. The third kappa shape index (κ3) is 3.89. The van der Waals surface area contributed by atoms with Gasteiger partial charge in [0.2, 0.25) is 0 Å². The van der Waals surface area contributed by atoms with Gasteiger partial charge in [0.05, 0.1) is 6.10 Å². The van der Waals surface area contributed by atoms with E-state index in [-0.39, 0.29) is 10.9 Å². The quantitative estimate of drug-likeness (QED) is 0.811. The van der Waals surface area contributed by atoms with Crippen molar-refractivity contribution in [3.8, 4) is 0 Å². The van der Waals surface area contributed by atoms with Crippen LogP contribution >= 0.6 is 11.8 Å². The van der Waals surface area contributed by atoms with Gasteiger partial charge in [0.15, 0.2) is 0 Å². The van der Waals surface area contributed by atoms with Crippen LogP contribution in [0.2, 0.25) is 0 Å². The molecular weight excluding hydrogens is 240 g/mol. The van der Waals surface area contributed by atoms with Crippen molar-refractivity contribution in [3.63, 3.8) is 0 Å². The molecule has 0 heterocycles. The lowest BCUT2D eigenvalue weighted by Crippen LogP contribution is -2.25. The molecule has 2 rings (SSSR count). The van der Waals surface area contributed by atoms with Gasteiger partial charge in [-0.1, -0.05) is 49.6 Å². The van der Waals surface area contributed by atoms with E-state index in [4.69, 9.17) is 0 Å². The highest BCUT2D eigenvalue weighted by Crippen LogP contribution is 2.44. The Morgan fingerprint density at radius 3 is 2.44 bits per heavy atom. The van der Waals surface area contributed by atoms with Crippen molar-refractivity contribution in [1.29, 1.82) is 0 Å². The lowest BCUT2D eigenvalue weighted by Gasteiger charge is -2.34. The summed E-state index contributed by atoms with van der Waals surface area (Å²) in [5.74, 6) is 0. The van der Waals surface area contributed by atoms with Crippen molar-refractivity contribution in [2.45, 2.75) is 54.8 Å². The highest BCUT2D eigenvalue weighted by atomic mass is 32.2. The number of rotatable bonds is 4. The van der Waals surface area contributed by atoms with E-state index in [9.17, 15) is 5.11 Å². The smallest absolute Gasteiger partial charge is 0.0693 e. The van der Waals surface area contributed by atoms with Crippen LogP contribution in [-0.2, 0) is 0 Å². The van der Waals surface area contributed by atoms with Crippen molar-refractivity contribution in [2.75, 3.05) is 0 Å². The van der Waals surface area contributed by atoms with E-state index in [1.807, 2.05) is 24.8 Å². The number of aliphatic hydroxyl groups excluding tert-OH is 1. The molecule has 18 heavy (non-hydrogen) atoms. The molecule has 0 saturated heterocycles. The topological polar surface area (TPSA) is 20.2 Å². The summed E-state index contributed by atoms with van der Waals surface area (Å²) in [6.07, 6.45) is 10.2. The van der Waals surface area contributed by atoms with E-state index < -0.39 is 0 Å². The lowest BCUT2D eigenvalue weighted by atomic mass is 9.88. The molecule has 0 unspecified atom stereocenters. The molecule has 1 aromatic rings. The van der Waals surface area contributed by atoms with Gasteiger partial charge in [-0.05, 0) is 31.9 Å². The average molecular weight is 262 g/mol. The van der Waals surface area contributed by atoms with Crippen molar-refractivity contribution >= 4 is 11.8 Å². The van der Waals surface area contributed by atoms with Gasteiger partial charge in [-0.2, -0.15) is 0 Å². The van der Waals surface area contributed by atoms with Crippen LogP contribution in [-0.4, -0.2) is 16.0 Å². The van der Waals surface area contributed by atoms with Crippen LogP contribution in [0.15, 0.2) is 47.4 Å². The molecule has 1 aliphatic rings. The fraction of sp³-hybridized carbons (Fsp3) is 0.500. The summed E-state index contributed by atoms with van der Waals surface area (Å²) in [5, 5.41) is 9.47. The van der Waals surface area contributed by atoms with Gasteiger partial charge in [0, 0.05) is 9.64 Å². The lowest BCUT2D eigenvalue weighted by molar-refractivity contribution is 0.243. The second-order valence-corrected chi connectivity index (χ2v) is 6.63. The Kier molecular flexibility index (Phi) is 4.90. The molecule has 1 N–H and O–H groups in total. The normalized spacial score (nSPS) is 21.0. The van der Waals surface area contributed by atoms with Gasteiger partial charge in [0.1, 0.15) is 0 Å². The second kappa shape index (κ2) is 6.44. The summed E-state index contributed by atoms with van der Waals surface area (Å²) in [5.41, 5.74) is 0. The molecule has 0 aromatic heterocycles. The van der Waals surface area contributed by atoms with Gasteiger partial charge in [-0.25, -0.2) is 0 Å². The Morgan fingerprint density at radius 1 is 1.17 bits per heavy atom. The van der Waals surface area contributed by atoms with E-state index in [1.165, 1.54) is 37.0 Å². The summed E-state index contributed by atoms with van der Waals surface area (Å²) in [4.78, 5) is 1.33. The Bertz CT molecular complexity index is 377. The minimum atomic E-state index is -0.347. The molecule has 1 aliphatic carbocycles. The largest absolute Gasteiger partial charge is 0.389 e. The Balaban J connectivity index is 2.14. The Morgan fingerprint density at radius 2 is 1.83 bits per heavy atom. The first-order chi connectivity index (χ1) is 8.70. The highest BCUT2D eigenvalue weighted by Gasteiger charge is 2.30. The third-order valence-corrected chi connectivity index (χ3v) is 4.90. The van der Waals surface area contributed by atoms with E-state index >= 15 is 0 Å². The number of hydrogen-bond acceptors (Lipinski definition) is 2. The van der Waals surface area contributed by atoms with Crippen LogP contribution in [0.25, 0.3) is 0 Å². The first-order valence-electron chi connectivity index (χ1n) is 6.82. The number of benzene rings is 1. The van der Waals surface area contributed by atoms with Gasteiger partial charge >= 0.3 is 0 Å². The minimum Gasteiger partial charge on any atom is -0.389 e. The predicted molar refractivity (Wildman–Crippen MR) is 78.9 cm³/mol. The van der Waals surface area contributed by atoms with Crippen LogP contribution in [0.5, 0.6) is 0 Å². The van der Waals surface area contributed by atoms with Gasteiger partial charge in [-0.3, -0.25) is 0 Å². The molecule has 2 heteroatoms. The predicted octanol–water partition coefficient (Wildman–Crippen LogP) is 4.42. The van der Waals surface area contributed by atoms with Gasteiger partial charge in [0.25, 0.3) is 0 Å². The number of aliphatic hydroxyl groups is 1. The first-order valence-corrected chi connectivity index (χ1v) is 7.63. The molecule has 0 aliphatic heterocycles. The molecule has 0 amide bonds. The standard InChI is InChI=1S/C16H22OS/c1-14(17)10-13-16(11-6-3-7-12-16)18-15-8-4-2-5-9-15/h2,4-5,8-10,13-14,17H,3,6-7,11-12H2,1H3/b13-10+/t14-/m1/s1. The zero-order valence-electron chi connectivity index (χ0n) is 11.0.